The van der Waals surface area contributed by atoms with Crippen molar-refractivity contribution in [3.05, 3.63) is 29.3 Å². The van der Waals surface area contributed by atoms with Crippen molar-refractivity contribution in [3.63, 3.8) is 0 Å². The fraction of sp³-hybridized carbons (Fsp3) is 0.500. The molecule has 0 radical (unpaired) electrons. The fourth-order valence-corrected chi connectivity index (χ4v) is 1.43. The van der Waals surface area contributed by atoms with Gasteiger partial charge < -0.3 is 5.32 Å². The second kappa shape index (κ2) is 4.89. The minimum absolute atomic E-state index is 0.683. The zero-order valence-electron chi connectivity index (χ0n) is 9.47. The molecule has 2 rings (SSSR count). The van der Waals surface area contributed by atoms with Crippen molar-refractivity contribution in [1.29, 1.82) is 0 Å². The van der Waals surface area contributed by atoms with Gasteiger partial charge in [0.15, 0.2) is 0 Å². The van der Waals surface area contributed by atoms with E-state index in [-0.39, 0.29) is 0 Å². The summed E-state index contributed by atoms with van der Waals surface area (Å²) in [6, 6.07) is 2.02. The van der Waals surface area contributed by atoms with E-state index >= 15 is 0 Å². The van der Waals surface area contributed by atoms with E-state index in [9.17, 15) is 0 Å². The maximum atomic E-state index is 4.61. The first-order chi connectivity index (χ1) is 7.75. The Balaban J connectivity index is 1.71. The molecule has 0 unspecified atom stereocenters. The summed E-state index contributed by atoms with van der Waals surface area (Å²) in [6.45, 7) is 3.43. The second-order valence-corrected chi connectivity index (χ2v) is 3.70. The lowest BCUT2D eigenvalue weighted by Gasteiger charge is -2.00. The lowest BCUT2D eigenvalue weighted by atomic mass is 10.3. The summed E-state index contributed by atoms with van der Waals surface area (Å²) in [7, 11) is 1.92. The number of rotatable bonds is 5. The second-order valence-electron chi connectivity index (χ2n) is 3.70. The average Bonchev–Trinajstić information content (AvgIpc) is 2.83. The predicted molar refractivity (Wildman–Crippen MR) is 57.7 cm³/mol. The normalized spacial score (nSPS) is 10.9. The van der Waals surface area contributed by atoms with Gasteiger partial charge in [0, 0.05) is 32.8 Å². The third-order valence-electron chi connectivity index (χ3n) is 2.37. The molecule has 0 aromatic carbocycles. The Hall–Kier alpha value is -1.69. The molecule has 0 bridgehead atoms. The number of hydrogen-bond acceptors (Lipinski definition) is 5. The maximum absolute atomic E-state index is 4.61. The van der Waals surface area contributed by atoms with Crippen LogP contribution in [0.25, 0.3) is 0 Å². The minimum Gasteiger partial charge on any atom is -0.311 e. The summed E-state index contributed by atoms with van der Waals surface area (Å²) in [5, 5.41) is 15.1. The van der Waals surface area contributed by atoms with Crippen molar-refractivity contribution in [3.8, 4) is 0 Å². The molecule has 0 saturated carbocycles. The standard InChI is InChI=1S/C10H15N5O/c1-8-10(14-16-13-8)7-11-5-3-9-4-6-15(2)12-9/h4,6,11H,3,5,7H2,1-2H3. The maximum Gasteiger partial charge on any atom is 0.121 e. The van der Waals surface area contributed by atoms with Crippen LogP contribution >= 0.6 is 0 Å². The largest absolute Gasteiger partial charge is 0.311 e. The molecule has 0 spiro atoms. The first-order valence-corrected chi connectivity index (χ1v) is 5.23. The van der Waals surface area contributed by atoms with Crippen molar-refractivity contribution >= 4 is 0 Å². The Labute approximate surface area is 93.6 Å². The van der Waals surface area contributed by atoms with Gasteiger partial charge in [-0.05, 0) is 13.0 Å². The third kappa shape index (κ3) is 2.66. The number of aromatic nitrogens is 4. The minimum atomic E-state index is 0.683. The van der Waals surface area contributed by atoms with Gasteiger partial charge in [-0.15, -0.1) is 0 Å². The predicted octanol–water partition coefficient (Wildman–Crippen LogP) is 0.444. The molecule has 2 aromatic heterocycles. The lowest BCUT2D eigenvalue weighted by Crippen LogP contribution is -2.17. The Bertz CT molecular complexity index is 448. The van der Waals surface area contributed by atoms with Crippen LogP contribution in [0.1, 0.15) is 17.1 Å². The van der Waals surface area contributed by atoms with Crippen molar-refractivity contribution in [2.75, 3.05) is 6.54 Å². The molecule has 0 aliphatic carbocycles. The SMILES string of the molecule is Cc1nonc1CNCCc1ccn(C)n1. The van der Waals surface area contributed by atoms with E-state index in [1.807, 2.05) is 26.2 Å². The summed E-state index contributed by atoms with van der Waals surface area (Å²) in [5.74, 6) is 0. The van der Waals surface area contributed by atoms with Crippen LogP contribution in [-0.4, -0.2) is 26.6 Å². The van der Waals surface area contributed by atoms with E-state index in [0.717, 1.165) is 30.0 Å². The van der Waals surface area contributed by atoms with Gasteiger partial charge >= 0.3 is 0 Å². The van der Waals surface area contributed by atoms with Gasteiger partial charge in [0.05, 0.1) is 5.69 Å². The molecule has 6 nitrogen and oxygen atoms in total. The van der Waals surface area contributed by atoms with Crippen LogP contribution in [0.4, 0.5) is 0 Å². The zero-order valence-corrected chi connectivity index (χ0v) is 9.47. The molecule has 86 valence electrons. The Morgan fingerprint density at radius 1 is 1.44 bits per heavy atom. The van der Waals surface area contributed by atoms with Gasteiger partial charge in [-0.2, -0.15) is 5.10 Å². The Morgan fingerprint density at radius 2 is 2.31 bits per heavy atom. The van der Waals surface area contributed by atoms with Crippen LogP contribution in [0.15, 0.2) is 16.9 Å². The smallest absolute Gasteiger partial charge is 0.121 e. The zero-order chi connectivity index (χ0) is 11.4. The van der Waals surface area contributed by atoms with Gasteiger partial charge in [0.1, 0.15) is 11.4 Å². The number of hydrogen-bond donors (Lipinski definition) is 1. The Morgan fingerprint density at radius 3 is 2.94 bits per heavy atom. The van der Waals surface area contributed by atoms with Crippen LogP contribution in [0, 0.1) is 6.92 Å². The summed E-state index contributed by atoms with van der Waals surface area (Å²) in [5.41, 5.74) is 2.79. The van der Waals surface area contributed by atoms with Crippen molar-refractivity contribution in [1.82, 2.24) is 25.4 Å². The quantitative estimate of drug-likeness (QED) is 0.742. The molecule has 2 heterocycles. The molecule has 1 N–H and O–H groups in total. The van der Waals surface area contributed by atoms with E-state index in [2.05, 4.69) is 25.4 Å². The average molecular weight is 221 g/mol. The van der Waals surface area contributed by atoms with E-state index in [1.54, 1.807) is 4.68 Å². The summed E-state index contributed by atoms with van der Waals surface area (Å²) in [6.07, 6.45) is 2.85. The van der Waals surface area contributed by atoms with E-state index < -0.39 is 0 Å². The Kier molecular flexibility index (Phi) is 3.31. The summed E-state index contributed by atoms with van der Waals surface area (Å²) in [4.78, 5) is 0. The summed E-state index contributed by atoms with van der Waals surface area (Å²) < 4.78 is 6.41. The van der Waals surface area contributed by atoms with Crippen molar-refractivity contribution < 1.29 is 4.63 Å². The topological polar surface area (TPSA) is 68.8 Å². The van der Waals surface area contributed by atoms with Gasteiger partial charge in [-0.1, -0.05) is 10.3 Å². The molecule has 0 fully saturated rings. The van der Waals surface area contributed by atoms with Crippen LogP contribution in [0.5, 0.6) is 0 Å². The van der Waals surface area contributed by atoms with Crippen LogP contribution < -0.4 is 5.32 Å². The van der Waals surface area contributed by atoms with E-state index in [1.165, 1.54) is 0 Å². The van der Waals surface area contributed by atoms with Crippen LogP contribution in [-0.2, 0) is 20.0 Å². The van der Waals surface area contributed by atoms with Crippen LogP contribution in [0.2, 0.25) is 0 Å². The molecule has 0 aliphatic heterocycles. The van der Waals surface area contributed by atoms with Gasteiger partial charge in [-0.25, -0.2) is 4.63 Å². The first kappa shape index (κ1) is 10.8. The molecule has 0 saturated heterocycles. The molecular formula is C10H15N5O. The number of aryl methyl sites for hydroxylation is 2. The van der Waals surface area contributed by atoms with Gasteiger partial charge in [-0.3, -0.25) is 4.68 Å². The number of nitrogens with one attached hydrogen (secondary N) is 1. The highest BCUT2D eigenvalue weighted by Gasteiger charge is 2.03. The lowest BCUT2D eigenvalue weighted by molar-refractivity contribution is 0.300. The molecule has 2 aromatic rings. The van der Waals surface area contributed by atoms with Gasteiger partial charge in [0.2, 0.25) is 0 Å². The third-order valence-corrected chi connectivity index (χ3v) is 2.37. The molecule has 6 heteroatoms. The van der Waals surface area contributed by atoms with E-state index in [0.29, 0.717) is 6.54 Å². The first-order valence-electron chi connectivity index (χ1n) is 5.23. The monoisotopic (exact) mass is 221 g/mol. The molecular weight excluding hydrogens is 206 g/mol. The highest BCUT2D eigenvalue weighted by molar-refractivity contribution is 5.04. The van der Waals surface area contributed by atoms with Gasteiger partial charge in [0.25, 0.3) is 0 Å². The fourth-order valence-electron chi connectivity index (χ4n) is 1.43. The summed E-state index contributed by atoms with van der Waals surface area (Å²) >= 11 is 0. The van der Waals surface area contributed by atoms with Crippen molar-refractivity contribution in [2.45, 2.75) is 19.9 Å². The molecule has 16 heavy (non-hydrogen) atoms. The van der Waals surface area contributed by atoms with Crippen molar-refractivity contribution in [2.24, 2.45) is 7.05 Å². The molecule has 0 aliphatic rings. The van der Waals surface area contributed by atoms with Crippen LogP contribution in [0.3, 0.4) is 0 Å². The molecule has 0 atom stereocenters. The highest BCUT2D eigenvalue weighted by Crippen LogP contribution is 1.99. The number of nitrogens with zero attached hydrogens (tertiary/aromatic N) is 4. The highest BCUT2D eigenvalue weighted by atomic mass is 16.6. The van der Waals surface area contributed by atoms with E-state index in [4.69, 9.17) is 0 Å². The molecule has 0 amide bonds.